The second kappa shape index (κ2) is 4.19. The first-order valence-corrected chi connectivity index (χ1v) is 5.03. The van der Waals surface area contributed by atoms with Crippen molar-refractivity contribution in [2.24, 2.45) is 5.10 Å². The van der Waals surface area contributed by atoms with Crippen molar-refractivity contribution < 1.29 is 27.8 Å². The monoisotopic (exact) mass is 279 g/mol. The fourth-order valence-electron chi connectivity index (χ4n) is 1.48. The quantitative estimate of drug-likeness (QED) is 0.729. The van der Waals surface area contributed by atoms with E-state index in [1.807, 2.05) is 0 Å². The van der Waals surface area contributed by atoms with Crippen LogP contribution in [0, 0.1) is 0 Å². The normalized spacial score (nSPS) is 22.3. The van der Waals surface area contributed by atoms with E-state index in [1.54, 1.807) is 0 Å². The third-order valence-electron chi connectivity index (χ3n) is 2.32. The zero-order chi connectivity index (χ0) is 14.3. The predicted octanol–water partition coefficient (Wildman–Crippen LogP) is -0.170. The minimum absolute atomic E-state index is 0.117. The number of aliphatic hydroxyl groups is 1. The molecule has 1 aliphatic rings. The van der Waals surface area contributed by atoms with E-state index < -0.39 is 29.5 Å². The molecule has 2 heterocycles. The Morgan fingerprint density at radius 3 is 2.89 bits per heavy atom. The van der Waals surface area contributed by atoms with E-state index in [0.29, 0.717) is 0 Å². The molecular formula is C8H8F3N5O3. The van der Waals surface area contributed by atoms with Crippen LogP contribution < -0.4 is 5.43 Å². The number of rotatable bonds is 2. The Hall–Kier alpha value is -2.17. The highest BCUT2D eigenvalue weighted by Crippen LogP contribution is 2.39. The van der Waals surface area contributed by atoms with Crippen molar-refractivity contribution in [3.63, 3.8) is 0 Å². The summed E-state index contributed by atoms with van der Waals surface area (Å²) in [5, 5.41) is 16.3. The Bertz CT molecular complexity index is 540. The summed E-state index contributed by atoms with van der Waals surface area (Å²) >= 11 is 0. The number of carbonyl (C=O) groups is 1. The molecule has 2 rings (SSSR count). The first-order chi connectivity index (χ1) is 8.82. The van der Waals surface area contributed by atoms with E-state index in [1.165, 1.54) is 6.92 Å². The number of hydrazone groups is 1. The summed E-state index contributed by atoms with van der Waals surface area (Å²) < 4.78 is 43.8. The summed E-state index contributed by atoms with van der Waals surface area (Å²) in [7, 11) is 0. The fourth-order valence-corrected chi connectivity index (χ4v) is 1.48. The molecule has 104 valence electrons. The van der Waals surface area contributed by atoms with Crippen molar-refractivity contribution in [2.45, 2.75) is 18.8 Å². The molecule has 1 atom stereocenters. The van der Waals surface area contributed by atoms with Gasteiger partial charge in [-0.25, -0.2) is 10.2 Å². The van der Waals surface area contributed by atoms with Crippen LogP contribution in [0.4, 0.5) is 19.1 Å². The van der Waals surface area contributed by atoms with Crippen LogP contribution in [0.3, 0.4) is 0 Å². The highest BCUT2D eigenvalue weighted by atomic mass is 19.4. The highest BCUT2D eigenvalue weighted by molar-refractivity contribution is 6.39. The van der Waals surface area contributed by atoms with Crippen molar-refractivity contribution in [3.05, 3.63) is 6.33 Å². The van der Waals surface area contributed by atoms with Crippen LogP contribution in [0.15, 0.2) is 11.4 Å². The number of alkyl halides is 3. The van der Waals surface area contributed by atoms with Gasteiger partial charge < -0.3 is 9.84 Å². The lowest BCUT2D eigenvalue weighted by Gasteiger charge is -2.33. The van der Waals surface area contributed by atoms with Gasteiger partial charge in [-0.3, -0.25) is 0 Å². The van der Waals surface area contributed by atoms with Gasteiger partial charge in [0, 0.05) is 0 Å². The van der Waals surface area contributed by atoms with E-state index in [2.05, 4.69) is 25.3 Å². The lowest BCUT2D eigenvalue weighted by molar-refractivity contribution is -0.269. The van der Waals surface area contributed by atoms with Crippen LogP contribution >= 0.6 is 0 Å². The van der Waals surface area contributed by atoms with Gasteiger partial charge in [0.15, 0.2) is 0 Å². The van der Waals surface area contributed by atoms with Crippen molar-refractivity contribution in [1.82, 2.24) is 14.8 Å². The minimum atomic E-state index is -5.23. The second-order valence-corrected chi connectivity index (χ2v) is 3.46. The van der Waals surface area contributed by atoms with Crippen molar-refractivity contribution in [1.29, 1.82) is 0 Å². The number of hydrogen-bond donors (Lipinski definition) is 2. The number of halogens is 3. The topological polar surface area (TPSA) is 102 Å². The molecule has 1 aliphatic heterocycles. The maximum absolute atomic E-state index is 13.1. The van der Waals surface area contributed by atoms with Crippen LogP contribution in [0.2, 0.25) is 0 Å². The highest BCUT2D eigenvalue weighted by Gasteiger charge is 2.65. The summed E-state index contributed by atoms with van der Waals surface area (Å²) in [4.78, 5) is 14.9. The molecule has 0 radical (unpaired) electrons. The van der Waals surface area contributed by atoms with E-state index in [4.69, 9.17) is 0 Å². The largest absolute Gasteiger partial charge is 0.461 e. The van der Waals surface area contributed by atoms with Crippen LogP contribution in [-0.4, -0.2) is 44.3 Å². The summed E-state index contributed by atoms with van der Waals surface area (Å²) in [6.45, 7) is 1.23. The number of carbonyl (C=O) groups excluding carboxylic acids is 1. The van der Waals surface area contributed by atoms with Crippen LogP contribution in [0.25, 0.3) is 0 Å². The molecule has 8 nitrogen and oxygen atoms in total. The maximum Gasteiger partial charge on any atom is 0.445 e. The average molecular weight is 279 g/mol. The van der Waals surface area contributed by atoms with Crippen LogP contribution in [0.5, 0.6) is 0 Å². The molecule has 0 spiro atoms. The van der Waals surface area contributed by atoms with E-state index in [-0.39, 0.29) is 11.3 Å². The molecular weight excluding hydrogens is 271 g/mol. The molecule has 0 saturated carbocycles. The summed E-state index contributed by atoms with van der Waals surface area (Å²) in [6.07, 6.45) is -4.45. The van der Waals surface area contributed by atoms with Gasteiger partial charge in [0.1, 0.15) is 6.33 Å². The van der Waals surface area contributed by atoms with Crippen molar-refractivity contribution in [2.75, 3.05) is 12.0 Å². The van der Waals surface area contributed by atoms with Gasteiger partial charge in [0.05, 0.1) is 6.61 Å². The smallest absolute Gasteiger partial charge is 0.445 e. The van der Waals surface area contributed by atoms with Gasteiger partial charge in [-0.05, 0) is 6.92 Å². The fraction of sp³-hybridized carbons (Fsp3) is 0.500. The second-order valence-electron chi connectivity index (χ2n) is 3.46. The van der Waals surface area contributed by atoms with E-state index in [0.717, 1.165) is 6.33 Å². The molecule has 0 saturated heterocycles. The number of hydrogen-bond acceptors (Lipinski definition) is 7. The van der Waals surface area contributed by atoms with Crippen LogP contribution in [-0.2, 0) is 15.3 Å². The van der Waals surface area contributed by atoms with Gasteiger partial charge in [-0.2, -0.15) is 33.0 Å². The van der Waals surface area contributed by atoms with E-state index >= 15 is 0 Å². The van der Waals surface area contributed by atoms with Gasteiger partial charge in [-0.15, -0.1) is 0 Å². The van der Waals surface area contributed by atoms with Gasteiger partial charge >= 0.3 is 17.9 Å². The number of esters is 1. The standard InChI is InChI=1S/C8H8F3N5O3/c1-2-19-5(17)4-7(18,8(9,10)11)16-6(15-14-4)12-3-13-16/h3,18H,2H2,1H3,(H,12,13,15). The van der Waals surface area contributed by atoms with Crippen molar-refractivity contribution in [3.8, 4) is 0 Å². The van der Waals surface area contributed by atoms with Crippen molar-refractivity contribution >= 4 is 17.6 Å². The number of anilines is 1. The molecule has 0 aromatic carbocycles. The third kappa shape index (κ3) is 1.82. The van der Waals surface area contributed by atoms with Gasteiger partial charge in [0.2, 0.25) is 11.7 Å². The summed E-state index contributed by atoms with van der Waals surface area (Å²) in [5.41, 5.74) is -2.91. The number of nitrogens with one attached hydrogen (secondary N) is 1. The van der Waals surface area contributed by atoms with Crippen LogP contribution in [0.1, 0.15) is 6.92 Å². The number of nitrogens with zero attached hydrogens (tertiary/aromatic N) is 4. The third-order valence-corrected chi connectivity index (χ3v) is 2.32. The number of ether oxygens (including phenoxy) is 1. The predicted molar refractivity (Wildman–Crippen MR) is 54.0 cm³/mol. The average Bonchev–Trinajstić information content (AvgIpc) is 2.77. The zero-order valence-corrected chi connectivity index (χ0v) is 9.47. The minimum Gasteiger partial charge on any atom is -0.461 e. The Kier molecular flexibility index (Phi) is 2.92. The summed E-state index contributed by atoms with van der Waals surface area (Å²) in [6, 6.07) is 0. The molecule has 1 aromatic rings. The molecule has 0 bridgehead atoms. The Morgan fingerprint density at radius 2 is 2.32 bits per heavy atom. The molecule has 0 fully saturated rings. The molecule has 11 heteroatoms. The number of fused-ring (bicyclic) bond motifs is 1. The Labute approximate surface area is 103 Å². The first-order valence-electron chi connectivity index (χ1n) is 5.03. The zero-order valence-electron chi connectivity index (χ0n) is 9.47. The lowest BCUT2D eigenvalue weighted by Crippen LogP contribution is -2.59. The molecule has 1 unspecified atom stereocenters. The maximum atomic E-state index is 13.1. The Morgan fingerprint density at radius 1 is 1.63 bits per heavy atom. The molecule has 1 aromatic heterocycles. The van der Waals surface area contributed by atoms with Gasteiger partial charge in [-0.1, -0.05) is 0 Å². The SMILES string of the molecule is CCOC(=O)C1=NNc2ncnn2C1(O)C(F)(F)F. The molecule has 19 heavy (non-hydrogen) atoms. The molecule has 2 N–H and O–H groups in total. The van der Waals surface area contributed by atoms with Gasteiger partial charge in [0.25, 0.3) is 0 Å². The molecule has 0 amide bonds. The Balaban J connectivity index is 2.56. The summed E-state index contributed by atoms with van der Waals surface area (Å²) in [5.74, 6) is -1.86. The lowest BCUT2D eigenvalue weighted by atomic mass is 10.1. The molecule has 0 aliphatic carbocycles. The van der Waals surface area contributed by atoms with E-state index in [9.17, 15) is 23.1 Å². The first kappa shape index (κ1) is 13.3. The number of aromatic nitrogens is 3.